The summed E-state index contributed by atoms with van der Waals surface area (Å²) in [5.74, 6) is 0.650. The zero-order valence-electron chi connectivity index (χ0n) is 13.0. The minimum absolute atomic E-state index is 0.0938. The molecule has 22 heavy (non-hydrogen) atoms. The standard InChI is InChI=1S/C16H20N4O2/c1-9(2)11-4-6-12(7-5-11)22-8-13-14(15(17)21)10(3)19-16(18)20-13/h4-7,9H,8H2,1-3H3,(H2,17,21)(H2,18,19,20). The first-order chi connectivity index (χ1) is 10.4. The molecule has 2 rings (SSSR count). The highest BCUT2D eigenvalue weighted by molar-refractivity contribution is 5.95. The number of amides is 1. The average molecular weight is 300 g/mol. The first kappa shape index (κ1) is 15.8. The molecule has 4 N–H and O–H groups in total. The molecule has 0 atom stereocenters. The second kappa shape index (κ2) is 6.43. The number of carbonyl (C=O) groups excluding carboxylic acids is 1. The lowest BCUT2D eigenvalue weighted by Crippen LogP contribution is -2.20. The van der Waals surface area contributed by atoms with Crippen LogP contribution in [0.3, 0.4) is 0 Å². The van der Waals surface area contributed by atoms with Crippen LogP contribution < -0.4 is 16.2 Å². The van der Waals surface area contributed by atoms with Crippen molar-refractivity contribution in [2.75, 3.05) is 5.73 Å². The minimum atomic E-state index is -0.591. The summed E-state index contributed by atoms with van der Waals surface area (Å²) in [6.45, 7) is 6.02. The van der Waals surface area contributed by atoms with E-state index in [1.807, 2.05) is 24.3 Å². The molecule has 1 aromatic heterocycles. The summed E-state index contributed by atoms with van der Waals surface area (Å²) < 4.78 is 5.67. The number of hydrogen-bond acceptors (Lipinski definition) is 5. The van der Waals surface area contributed by atoms with Crippen molar-refractivity contribution in [2.45, 2.75) is 33.3 Å². The molecule has 0 fully saturated rings. The molecule has 2 aromatic rings. The Morgan fingerprint density at radius 1 is 1.23 bits per heavy atom. The quantitative estimate of drug-likeness (QED) is 0.880. The van der Waals surface area contributed by atoms with Crippen molar-refractivity contribution in [3.63, 3.8) is 0 Å². The van der Waals surface area contributed by atoms with Gasteiger partial charge >= 0.3 is 0 Å². The zero-order valence-corrected chi connectivity index (χ0v) is 13.0. The van der Waals surface area contributed by atoms with E-state index >= 15 is 0 Å². The van der Waals surface area contributed by atoms with Crippen molar-refractivity contribution >= 4 is 11.9 Å². The van der Waals surface area contributed by atoms with Crippen LogP contribution in [0.1, 0.15) is 47.1 Å². The molecule has 1 aromatic carbocycles. The van der Waals surface area contributed by atoms with Gasteiger partial charge in [-0.25, -0.2) is 9.97 Å². The lowest BCUT2D eigenvalue weighted by molar-refractivity contribution is 0.0996. The molecule has 0 aliphatic rings. The minimum Gasteiger partial charge on any atom is -0.487 e. The highest BCUT2D eigenvalue weighted by atomic mass is 16.5. The van der Waals surface area contributed by atoms with Crippen LogP contribution in [0.4, 0.5) is 5.95 Å². The van der Waals surface area contributed by atoms with Crippen LogP contribution >= 0.6 is 0 Å². The van der Waals surface area contributed by atoms with E-state index in [1.165, 1.54) is 5.56 Å². The zero-order chi connectivity index (χ0) is 16.3. The molecule has 0 bridgehead atoms. The van der Waals surface area contributed by atoms with Gasteiger partial charge in [-0.05, 0) is 30.5 Å². The van der Waals surface area contributed by atoms with Crippen molar-refractivity contribution in [3.05, 3.63) is 46.8 Å². The molecule has 6 nitrogen and oxygen atoms in total. The maximum absolute atomic E-state index is 11.5. The van der Waals surface area contributed by atoms with Gasteiger partial charge in [-0.2, -0.15) is 0 Å². The Labute approximate surface area is 129 Å². The Morgan fingerprint density at radius 2 is 1.86 bits per heavy atom. The van der Waals surface area contributed by atoms with Crippen LogP contribution in [0.15, 0.2) is 24.3 Å². The number of aromatic nitrogens is 2. The van der Waals surface area contributed by atoms with Crippen molar-refractivity contribution in [1.29, 1.82) is 0 Å². The molecule has 0 unspecified atom stereocenters. The summed E-state index contributed by atoms with van der Waals surface area (Å²) in [5, 5.41) is 0. The topological polar surface area (TPSA) is 104 Å². The monoisotopic (exact) mass is 300 g/mol. The van der Waals surface area contributed by atoms with Gasteiger partial charge in [0.1, 0.15) is 12.4 Å². The fourth-order valence-corrected chi connectivity index (χ4v) is 2.18. The van der Waals surface area contributed by atoms with E-state index in [1.54, 1.807) is 6.92 Å². The predicted octanol–water partition coefficient (Wildman–Crippen LogP) is 2.17. The van der Waals surface area contributed by atoms with Gasteiger partial charge in [-0.1, -0.05) is 26.0 Å². The summed E-state index contributed by atoms with van der Waals surface area (Å²) in [4.78, 5) is 19.5. The lowest BCUT2D eigenvalue weighted by atomic mass is 10.0. The molecule has 0 aliphatic heterocycles. The van der Waals surface area contributed by atoms with E-state index < -0.39 is 5.91 Å². The molecular formula is C16H20N4O2. The van der Waals surface area contributed by atoms with E-state index in [0.29, 0.717) is 23.1 Å². The molecule has 0 radical (unpaired) electrons. The Morgan fingerprint density at radius 3 is 2.41 bits per heavy atom. The molecule has 6 heteroatoms. The number of aryl methyl sites for hydroxylation is 1. The molecule has 0 saturated carbocycles. The second-order valence-corrected chi connectivity index (χ2v) is 5.37. The molecule has 116 valence electrons. The number of hydrogen-bond donors (Lipinski definition) is 2. The van der Waals surface area contributed by atoms with Gasteiger partial charge in [0, 0.05) is 0 Å². The number of nitrogens with zero attached hydrogens (tertiary/aromatic N) is 2. The van der Waals surface area contributed by atoms with Crippen LogP contribution in [0.2, 0.25) is 0 Å². The van der Waals surface area contributed by atoms with Gasteiger partial charge in [0.2, 0.25) is 5.95 Å². The molecular weight excluding hydrogens is 280 g/mol. The first-order valence-corrected chi connectivity index (χ1v) is 7.04. The van der Waals surface area contributed by atoms with Gasteiger partial charge in [-0.15, -0.1) is 0 Å². The normalized spacial score (nSPS) is 10.7. The summed E-state index contributed by atoms with van der Waals surface area (Å²) in [6.07, 6.45) is 0. The summed E-state index contributed by atoms with van der Waals surface area (Å²) in [5.41, 5.74) is 13.3. The van der Waals surface area contributed by atoms with Gasteiger partial charge in [0.25, 0.3) is 5.91 Å². The summed E-state index contributed by atoms with van der Waals surface area (Å²) >= 11 is 0. The summed E-state index contributed by atoms with van der Waals surface area (Å²) in [7, 11) is 0. The number of nitrogens with two attached hydrogens (primary N) is 2. The third-order valence-corrected chi connectivity index (χ3v) is 3.35. The molecule has 0 aliphatic carbocycles. The van der Waals surface area contributed by atoms with E-state index in [2.05, 4.69) is 23.8 Å². The van der Waals surface area contributed by atoms with Gasteiger partial charge in [-0.3, -0.25) is 4.79 Å². The van der Waals surface area contributed by atoms with Crippen LogP contribution in [0.25, 0.3) is 0 Å². The van der Waals surface area contributed by atoms with E-state index in [9.17, 15) is 4.79 Å². The van der Waals surface area contributed by atoms with Gasteiger partial charge in [0.05, 0.1) is 17.0 Å². The van der Waals surface area contributed by atoms with Crippen molar-refractivity contribution < 1.29 is 9.53 Å². The molecule has 1 heterocycles. The largest absolute Gasteiger partial charge is 0.487 e. The molecule has 0 saturated heterocycles. The third-order valence-electron chi connectivity index (χ3n) is 3.35. The van der Waals surface area contributed by atoms with Crippen LogP contribution in [-0.4, -0.2) is 15.9 Å². The first-order valence-electron chi connectivity index (χ1n) is 7.04. The Balaban J connectivity index is 2.19. The van der Waals surface area contributed by atoms with Crippen LogP contribution in [-0.2, 0) is 6.61 Å². The Bertz CT molecular complexity index is 681. The van der Waals surface area contributed by atoms with E-state index in [0.717, 1.165) is 0 Å². The van der Waals surface area contributed by atoms with Crippen LogP contribution in [0, 0.1) is 6.92 Å². The predicted molar refractivity (Wildman–Crippen MR) is 84.6 cm³/mol. The SMILES string of the molecule is Cc1nc(N)nc(COc2ccc(C(C)C)cc2)c1C(N)=O. The van der Waals surface area contributed by atoms with Crippen molar-refractivity contribution in [1.82, 2.24) is 9.97 Å². The van der Waals surface area contributed by atoms with Crippen molar-refractivity contribution in [3.8, 4) is 5.75 Å². The molecule has 1 amide bonds. The third kappa shape index (κ3) is 3.52. The summed E-state index contributed by atoms with van der Waals surface area (Å²) in [6, 6.07) is 7.79. The fraction of sp³-hybridized carbons (Fsp3) is 0.312. The highest BCUT2D eigenvalue weighted by Crippen LogP contribution is 2.20. The van der Waals surface area contributed by atoms with Gasteiger partial charge < -0.3 is 16.2 Å². The number of ether oxygens (including phenoxy) is 1. The number of primary amides is 1. The number of benzene rings is 1. The number of nitrogen functional groups attached to an aromatic ring is 1. The van der Waals surface area contributed by atoms with Gasteiger partial charge in [0.15, 0.2) is 0 Å². The average Bonchev–Trinajstić information content (AvgIpc) is 2.44. The van der Waals surface area contributed by atoms with E-state index in [-0.39, 0.29) is 18.1 Å². The number of rotatable bonds is 5. The number of carbonyl (C=O) groups is 1. The van der Waals surface area contributed by atoms with Crippen LogP contribution in [0.5, 0.6) is 5.75 Å². The maximum atomic E-state index is 11.5. The maximum Gasteiger partial charge on any atom is 0.252 e. The Kier molecular flexibility index (Phi) is 4.60. The highest BCUT2D eigenvalue weighted by Gasteiger charge is 2.16. The number of anilines is 1. The lowest BCUT2D eigenvalue weighted by Gasteiger charge is -2.12. The Hall–Kier alpha value is -2.63. The smallest absolute Gasteiger partial charge is 0.252 e. The second-order valence-electron chi connectivity index (χ2n) is 5.37. The van der Waals surface area contributed by atoms with E-state index in [4.69, 9.17) is 16.2 Å². The fourth-order valence-electron chi connectivity index (χ4n) is 2.18. The molecule has 0 spiro atoms. The van der Waals surface area contributed by atoms with Crippen molar-refractivity contribution in [2.24, 2.45) is 5.73 Å².